The quantitative estimate of drug-likeness (QED) is 0.346. The lowest BCUT2D eigenvalue weighted by Gasteiger charge is -2.36. The van der Waals surface area contributed by atoms with E-state index >= 15 is 0 Å². The standard InChI is InChI=1S/C12H10Cl7NO2/c1-21-8-4-2-7(3-5-8)6-22-9(20)10(13,14)11(15,16)12(17,18)19/h2-5,20H,6H2,1H3. The van der Waals surface area contributed by atoms with Crippen LogP contribution in [-0.2, 0) is 11.3 Å². The van der Waals surface area contributed by atoms with Gasteiger partial charge >= 0.3 is 0 Å². The Kier molecular flexibility index (Phi) is 7.11. The van der Waals surface area contributed by atoms with Gasteiger partial charge in [-0.05, 0) is 17.7 Å². The van der Waals surface area contributed by atoms with Crippen molar-refractivity contribution in [1.29, 1.82) is 5.41 Å². The van der Waals surface area contributed by atoms with E-state index in [2.05, 4.69) is 0 Å². The van der Waals surface area contributed by atoms with Crippen molar-refractivity contribution in [1.82, 2.24) is 0 Å². The van der Waals surface area contributed by atoms with Crippen LogP contribution < -0.4 is 4.74 Å². The Morgan fingerprint density at radius 2 is 1.50 bits per heavy atom. The maximum Gasteiger partial charge on any atom is 0.229 e. The Bertz CT molecular complexity index is 525. The fraction of sp³-hybridized carbons (Fsp3) is 0.417. The zero-order valence-corrected chi connectivity index (χ0v) is 16.3. The summed E-state index contributed by atoms with van der Waals surface area (Å²) in [6.07, 6.45) is 0. The monoisotopic (exact) mass is 445 g/mol. The van der Waals surface area contributed by atoms with Gasteiger partial charge in [0.1, 0.15) is 12.4 Å². The molecular formula is C12H10Cl7NO2. The highest BCUT2D eigenvalue weighted by Gasteiger charge is 2.63. The largest absolute Gasteiger partial charge is 0.497 e. The van der Waals surface area contributed by atoms with Crippen molar-refractivity contribution in [2.75, 3.05) is 7.11 Å². The van der Waals surface area contributed by atoms with Gasteiger partial charge in [0.15, 0.2) is 0 Å². The maximum atomic E-state index is 7.80. The Hall–Kier alpha value is 0.520. The lowest BCUT2D eigenvalue weighted by atomic mass is 10.2. The molecule has 3 nitrogen and oxygen atoms in total. The molecule has 0 saturated heterocycles. The van der Waals surface area contributed by atoms with Crippen molar-refractivity contribution < 1.29 is 9.47 Å². The molecule has 0 radical (unpaired) electrons. The zero-order valence-electron chi connectivity index (χ0n) is 11.0. The third-order valence-corrected chi connectivity index (χ3v) is 6.44. The van der Waals surface area contributed by atoms with E-state index < -0.39 is 18.4 Å². The van der Waals surface area contributed by atoms with Gasteiger partial charge in [-0.15, -0.1) is 0 Å². The van der Waals surface area contributed by atoms with Crippen LogP contribution >= 0.6 is 81.2 Å². The van der Waals surface area contributed by atoms with Crippen molar-refractivity contribution >= 4 is 87.1 Å². The SMILES string of the molecule is COc1ccc(COC(=N)C(Cl)(Cl)C(Cl)(Cl)C(Cl)(Cl)Cl)cc1. The van der Waals surface area contributed by atoms with Crippen LogP contribution in [0.3, 0.4) is 0 Å². The van der Waals surface area contributed by atoms with E-state index in [0.717, 1.165) is 5.56 Å². The van der Waals surface area contributed by atoms with Crippen molar-refractivity contribution in [2.45, 2.75) is 19.1 Å². The summed E-state index contributed by atoms with van der Waals surface area (Å²) >= 11 is 40.6. The molecular weight excluding hydrogens is 438 g/mol. The highest BCUT2D eigenvalue weighted by atomic mass is 35.6. The third kappa shape index (κ3) is 4.54. The molecule has 0 aliphatic rings. The van der Waals surface area contributed by atoms with Crippen LogP contribution in [0.25, 0.3) is 0 Å². The second kappa shape index (κ2) is 7.60. The van der Waals surface area contributed by atoms with E-state index in [0.29, 0.717) is 5.75 Å². The van der Waals surface area contributed by atoms with Gasteiger partial charge in [0, 0.05) is 0 Å². The second-order valence-corrected chi connectivity index (χ2v) is 9.05. The normalized spacial score (nSPS) is 12.9. The van der Waals surface area contributed by atoms with Crippen molar-refractivity contribution in [3.8, 4) is 5.75 Å². The van der Waals surface area contributed by atoms with Gasteiger partial charge in [0.05, 0.1) is 7.11 Å². The Morgan fingerprint density at radius 1 is 1.00 bits per heavy atom. The summed E-state index contributed by atoms with van der Waals surface area (Å²) in [7, 11) is 1.55. The first-order valence-electron chi connectivity index (χ1n) is 5.60. The van der Waals surface area contributed by atoms with E-state index in [1.807, 2.05) is 0 Å². The van der Waals surface area contributed by atoms with Crippen LogP contribution in [0.15, 0.2) is 24.3 Å². The lowest BCUT2D eigenvalue weighted by Crippen LogP contribution is -2.52. The molecule has 0 unspecified atom stereocenters. The Morgan fingerprint density at radius 3 is 1.91 bits per heavy atom. The van der Waals surface area contributed by atoms with E-state index in [-0.39, 0.29) is 6.61 Å². The van der Waals surface area contributed by atoms with Gasteiger partial charge in [0.25, 0.3) is 0 Å². The van der Waals surface area contributed by atoms with Gasteiger partial charge in [-0.2, -0.15) is 0 Å². The fourth-order valence-electron chi connectivity index (χ4n) is 1.29. The van der Waals surface area contributed by atoms with E-state index in [4.69, 9.17) is 96.1 Å². The summed E-state index contributed by atoms with van der Waals surface area (Å²) < 4.78 is 3.40. The second-order valence-electron chi connectivity index (χ2n) is 4.11. The number of halogens is 7. The summed E-state index contributed by atoms with van der Waals surface area (Å²) in [5, 5.41) is 7.80. The molecule has 0 aromatic heterocycles. The first kappa shape index (κ1) is 20.6. The first-order valence-corrected chi connectivity index (χ1v) is 8.25. The molecule has 10 heteroatoms. The molecule has 0 saturated carbocycles. The van der Waals surface area contributed by atoms with Crippen molar-refractivity contribution in [3.63, 3.8) is 0 Å². The van der Waals surface area contributed by atoms with Crippen molar-refractivity contribution in [2.24, 2.45) is 0 Å². The van der Waals surface area contributed by atoms with Gasteiger partial charge in [-0.25, -0.2) is 0 Å². The number of hydrogen-bond acceptors (Lipinski definition) is 3. The fourth-order valence-corrected chi connectivity index (χ4v) is 2.57. The van der Waals surface area contributed by atoms with Gasteiger partial charge in [-0.3, -0.25) is 5.41 Å². The average molecular weight is 448 g/mol. The minimum atomic E-state index is -2.30. The van der Waals surface area contributed by atoms with Gasteiger partial charge < -0.3 is 9.47 Å². The number of benzene rings is 1. The Balaban J connectivity index is 2.78. The van der Waals surface area contributed by atoms with Crippen molar-refractivity contribution in [3.05, 3.63) is 29.8 Å². The number of hydrogen-bond donors (Lipinski definition) is 1. The first-order chi connectivity index (χ1) is 9.93. The molecule has 0 aliphatic carbocycles. The van der Waals surface area contributed by atoms with Crippen LogP contribution in [0.5, 0.6) is 5.75 Å². The van der Waals surface area contributed by atoms with E-state index in [1.165, 1.54) is 0 Å². The number of alkyl halides is 7. The predicted molar refractivity (Wildman–Crippen MR) is 94.7 cm³/mol. The zero-order chi connectivity index (χ0) is 17.2. The molecule has 1 rings (SSSR count). The molecule has 0 atom stereocenters. The van der Waals surface area contributed by atoms with Crippen LogP contribution in [-0.4, -0.2) is 25.5 Å². The minimum Gasteiger partial charge on any atom is -0.497 e. The molecule has 1 aromatic carbocycles. The van der Waals surface area contributed by atoms with Crippen LogP contribution in [0.1, 0.15) is 5.56 Å². The molecule has 124 valence electrons. The predicted octanol–water partition coefficient (Wildman–Crippen LogP) is 5.91. The molecule has 0 amide bonds. The average Bonchev–Trinajstić information content (AvgIpc) is 2.43. The smallest absolute Gasteiger partial charge is 0.229 e. The van der Waals surface area contributed by atoms with Crippen LogP contribution in [0, 0.1) is 5.41 Å². The summed E-state index contributed by atoms with van der Waals surface area (Å²) in [6, 6.07) is 6.93. The third-order valence-electron chi connectivity index (χ3n) is 2.58. The molecule has 0 aliphatic heterocycles. The molecule has 1 aromatic rings. The van der Waals surface area contributed by atoms with Crippen LogP contribution in [0.2, 0.25) is 0 Å². The lowest BCUT2D eigenvalue weighted by molar-refractivity contribution is 0.276. The summed E-state index contributed by atoms with van der Waals surface area (Å²) in [6.45, 7) is -0.00622. The highest BCUT2D eigenvalue weighted by Crippen LogP contribution is 2.56. The van der Waals surface area contributed by atoms with Gasteiger partial charge in [0.2, 0.25) is 18.4 Å². The topological polar surface area (TPSA) is 42.3 Å². The summed E-state index contributed by atoms with van der Waals surface area (Å²) in [5.41, 5.74) is 0.735. The molecule has 0 spiro atoms. The van der Waals surface area contributed by atoms with E-state index in [9.17, 15) is 0 Å². The molecule has 1 N–H and O–H groups in total. The van der Waals surface area contributed by atoms with E-state index in [1.54, 1.807) is 31.4 Å². The molecule has 0 heterocycles. The number of methoxy groups -OCH3 is 1. The highest BCUT2D eigenvalue weighted by molar-refractivity contribution is 6.80. The molecule has 0 fully saturated rings. The maximum absolute atomic E-state index is 7.80. The number of nitrogens with one attached hydrogen (secondary N) is 1. The molecule has 0 bridgehead atoms. The van der Waals surface area contributed by atoms with Gasteiger partial charge in [-0.1, -0.05) is 93.3 Å². The molecule has 22 heavy (non-hydrogen) atoms. The van der Waals surface area contributed by atoms with Crippen LogP contribution in [0.4, 0.5) is 0 Å². The Labute approximate surface area is 163 Å². The summed E-state index contributed by atoms with van der Waals surface area (Å²) in [4.78, 5) is 0. The number of ether oxygens (including phenoxy) is 2. The number of rotatable bonds is 5. The summed E-state index contributed by atoms with van der Waals surface area (Å²) in [5.74, 6) is 0.0302. The minimum absolute atomic E-state index is 0.00622.